The Morgan fingerprint density at radius 1 is 0.548 bits per heavy atom. The average molecular weight is 431 g/mol. The van der Waals surface area contributed by atoms with Gasteiger partial charge in [0.15, 0.2) is 0 Å². The zero-order chi connectivity index (χ0) is 22.8. The van der Waals surface area contributed by atoms with Crippen molar-refractivity contribution in [3.05, 3.63) is 34.9 Å². The van der Waals surface area contributed by atoms with Crippen LogP contribution in [0.15, 0.2) is 18.2 Å². The normalized spacial score (nSPS) is 11.9. The van der Waals surface area contributed by atoms with E-state index in [1.165, 1.54) is 115 Å². The largest absolute Gasteiger partial charge is 0.327 e. The first-order valence-electron chi connectivity index (χ1n) is 13.9. The van der Waals surface area contributed by atoms with Gasteiger partial charge in [0, 0.05) is 5.56 Å². The van der Waals surface area contributed by atoms with Crippen LogP contribution in [0.5, 0.6) is 0 Å². The van der Waals surface area contributed by atoms with Crippen molar-refractivity contribution in [3.63, 3.8) is 0 Å². The van der Waals surface area contributed by atoms with Crippen LogP contribution in [0.2, 0.25) is 0 Å². The Morgan fingerprint density at radius 2 is 1.00 bits per heavy atom. The minimum Gasteiger partial charge on any atom is -0.327 e. The lowest BCUT2D eigenvalue weighted by atomic mass is 9.97. The Kier molecular flexibility index (Phi) is 16.1. The smallest absolute Gasteiger partial charge is 0.104 e. The molecule has 0 radical (unpaired) electrons. The highest BCUT2D eigenvalue weighted by Gasteiger charge is 2.12. The highest BCUT2D eigenvalue weighted by Crippen LogP contribution is 2.19. The Balaban J connectivity index is 2.00. The van der Waals surface area contributed by atoms with Gasteiger partial charge in [0.05, 0.1) is 21.1 Å². The van der Waals surface area contributed by atoms with Crippen molar-refractivity contribution in [3.8, 4) is 0 Å². The van der Waals surface area contributed by atoms with E-state index in [0.29, 0.717) is 0 Å². The summed E-state index contributed by atoms with van der Waals surface area (Å²) in [5.74, 6) is 0. The van der Waals surface area contributed by atoms with E-state index < -0.39 is 0 Å². The highest BCUT2D eigenvalue weighted by atomic mass is 15.3. The van der Waals surface area contributed by atoms with Crippen LogP contribution in [0.25, 0.3) is 0 Å². The second-order valence-electron chi connectivity index (χ2n) is 11.0. The molecule has 0 amide bonds. The number of hydrogen-bond donors (Lipinski definition) is 0. The molecule has 0 fully saturated rings. The Bertz CT molecular complexity index is 540. The number of nitrogens with zero attached hydrogens (tertiary/aromatic N) is 1. The van der Waals surface area contributed by atoms with Gasteiger partial charge in [-0.1, -0.05) is 122 Å². The molecule has 0 saturated carbocycles. The molecule has 0 aliphatic carbocycles. The summed E-state index contributed by atoms with van der Waals surface area (Å²) in [5, 5.41) is 0. The maximum atomic E-state index is 2.49. The molecule has 0 bridgehead atoms. The lowest BCUT2D eigenvalue weighted by molar-refractivity contribution is -0.884. The maximum Gasteiger partial charge on any atom is 0.104 e. The summed E-state index contributed by atoms with van der Waals surface area (Å²) in [4.78, 5) is 0. The number of quaternary nitrogens is 1. The molecule has 1 aromatic carbocycles. The molecule has 0 unspecified atom stereocenters. The van der Waals surface area contributed by atoms with Gasteiger partial charge in [-0.25, -0.2) is 0 Å². The fraction of sp³-hybridized carbons (Fsp3) is 0.800. The first-order chi connectivity index (χ1) is 15.0. The van der Waals surface area contributed by atoms with Gasteiger partial charge in [0.25, 0.3) is 0 Å². The van der Waals surface area contributed by atoms with Crippen LogP contribution < -0.4 is 0 Å². The Morgan fingerprint density at radius 3 is 1.42 bits per heavy atom. The first-order valence-corrected chi connectivity index (χ1v) is 13.9. The Labute approximate surface area is 196 Å². The third-order valence-electron chi connectivity index (χ3n) is 6.62. The highest BCUT2D eigenvalue weighted by molar-refractivity contribution is 5.31. The van der Waals surface area contributed by atoms with Crippen LogP contribution in [0.3, 0.4) is 0 Å². The standard InChI is InChI=1S/C30H56N/c1-6-8-9-10-11-12-13-14-15-16-17-18-19-20-21-22-23-28-24-25-29(7-2)30(26-28)27-31(3,4)5/h24-26H,6-23,27H2,1-5H3/q+1. The molecule has 0 N–H and O–H groups in total. The first kappa shape index (κ1) is 28.2. The van der Waals surface area contributed by atoms with E-state index in [0.717, 1.165) is 17.4 Å². The quantitative estimate of drug-likeness (QED) is 0.143. The summed E-state index contributed by atoms with van der Waals surface area (Å²) in [7, 11) is 6.88. The summed E-state index contributed by atoms with van der Waals surface area (Å²) in [6.07, 6.45) is 25.5. The van der Waals surface area contributed by atoms with Crippen LogP contribution in [0, 0.1) is 0 Å². The zero-order valence-electron chi connectivity index (χ0n) is 22.1. The molecule has 0 heterocycles. The SMILES string of the molecule is CCCCCCCCCCCCCCCCCCc1ccc(CC)c(C[N+](C)(C)C)c1. The molecule has 180 valence electrons. The average Bonchev–Trinajstić information content (AvgIpc) is 2.72. The molecular formula is C30H56N+. The van der Waals surface area contributed by atoms with E-state index >= 15 is 0 Å². The van der Waals surface area contributed by atoms with Gasteiger partial charge in [0.2, 0.25) is 0 Å². The Hall–Kier alpha value is -0.820. The number of unbranched alkanes of at least 4 members (excludes halogenated alkanes) is 15. The fourth-order valence-corrected chi connectivity index (χ4v) is 4.72. The second-order valence-corrected chi connectivity index (χ2v) is 11.0. The molecular weight excluding hydrogens is 374 g/mol. The summed E-state index contributed by atoms with van der Waals surface area (Å²) in [5.41, 5.74) is 4.64. The van der Waals surface area contributed by atoms with Crippen LogP contribution in [-0.2, 0) is 19.4 Å². The van der Waals surface area contributed by atoms with E-state index in [-0.39, 0.29) is 0 Å². The lowest BCUT2D eigenvalue weighted by Crippen LogP contribution is -2.33. The van der Waals surface area contributed by atoms with E-state index in [1.807, 2.05) is 0 Å². The van der Waals surface area contributed by atoms with E-state index in [9.17, 15) is 0 Å². The van der Waals surface area contributed by atoms with Crippen molar-refractivity contribution in [2.45, 2.75) is 136 Å². The summed E-state index contributed by atoms with van der Waals surface area (Å²) in [6, 6.07) is 7.25. The predicted molar refractivity (Wildman–Crippen MR) is 141 cm³/mol. The second kappa shape index (κ2) is 17.7. The van der Waals surface area contributed by atoms with Crippen LogP contribution in [0.4, 0.5) is 0 Å². The maximum absolute atomic E-state index is 2.49. The number of aryl methyl sites for hydroxylation is 2. The van der Waals surface area contributed by atoms with Crippen molar-refractivity contribution in [2.24, 2.45) is 0 Å². The minimum absolute atomic E-state index is 1.01. The van der Waals surface area contributed by atoms with Gasteiger partial charge in [-0.2, -0.15) is 0 Å². The van der Waals surface area contributed by atoms with Crippen LogP contribution >= 0.6 is 0 Å². The molecule has 0 atom stereocenters. The lowest BCUT2D eigenvalue weighted by Gasteiger charge is -2.25. The summed E-state index contributed by atoms with van der Waals surface area (Å²) in [6.45, 7) is 5.72. The van der Waals surface area contributed by atoms with Gasteiger partial charge in [-0.3, -0.25) is 0 Å². The molecule has 0 saturated heterocycles. The van der Waals surface area contributed by atoms with Crippen LogP contribution in [-0.4, -0.2) is 25.6 Å². The van der Waals surface area contributed by atoms with Crippen molar-refractivity contribution in [2.75, 3.05) is 21.1 Å². The number of rotatable bonds is 20. The van der Waals surface area contributed by atoms with E-state index in [2.05, 4.69) is 53.2 Å². The number of benzene rings is 1. The monoisotopic (exact) mass is 430 g/mol. The van der Waals surface area contributed by atoms with Crippen molar-refractivity contribution in [1.29, 1.82) is 0 Å². The molecule has 1 nitrogen and oxygen atoms in total. The topological polar surface area (TPSA) is 0 Å². The van der Waals surface area contributed by atoms with Gasteiger partial charge >= 0.3 is 0 Å². The molecule has 31 heavy (non-hydrogen) atoms. The third kappa shape index (κ3) is 15.6. The molecule has 0 aliphatic heterocycles. The van der Waals surface area contributed by atoms with Gasteiger partial charge in [0.1, 0.15) is 6.54 Å². The van der Waals surface area contributed by atoms with Gasteiger partial charge in [-0.15, -0.1) is 0 Å². The molecule has 0 aromatic heterocycles. The molecule has 1 rings (SSSR count). The van der Waals surface area contributed by atoms with Crippen molar-refractivity contribution in [1.82, 2.24) is 0 Å². The molecule has 0 spiro atoms. The molecule has 0 aliphatic rings. The minimum atomic E-state index is 1.01. The summed E-state index contributed by atoms with van der Waals surface area (Å²) >= 11 is 0. The van der Waals surface area contributed by atoms with E-state index in [4.69, 9.17) is 0 Å². The van der Waals surface area contributed by atoms with E-state index in [1.54, 1.807) is 11.1 Å². The fourth-order valence-electron chi connectivity index (χ4n) is 4.72. The predicted octanol–water partition coefficient (Wildman–Crippen LogP) is 9.26. The zero-order valence-corrected chi connectivity index (χ0v) is 22.1. The molecule has 1 heteroatoms. The van der Waals surface area contributed by atoms with Crippen LogP contribution in [0.1, 0.15) is 133 Å². The number of hydrogen-bond acceptors (Lipinski definition) is 0. The third-order valence-corrected chi connectivity index (χ3v) is 6.62. The van der Waals surface area contributed by atoms with Crippen molar-refractivity contribution >= 4 is 0 Å². The van der Waals surface area contributed by atoms with Crippen molar-refractivity contribution < 1.29 is 4.48 Å². The van der Waals surface area contributed by atoms with Gasteiger partial charge in [-0.05, 0) is 36.5 Å². The van der Waals surface area contributed by atoms with Gasteiger partial charge < -0.3 is 4.48 Å². The summed E-state index contributed by atoms with van der Waals surface area (Å²) < 4.78 is 1.01. The molecule has 1 aromatic rings.